The molecule has 4 rings (SSSR count). The van der Waals surface area contributed by atoms with E-state index in [2.05, 4.69) is 48.2 Å². The maximum Gasteiger partial charge on any atom is 0.253 e. The van der Waals surface area contributed by atoms with E-state index in [-0.39, 0.29) is 11.3 Å². The number of carbonyl (C=O) groups is 1. The second-order valence-electron chi connectivity index (χ2n) is 8.51. The van der Waals surface area contributed by atoms with Crippen LogP contribution in [0.15, 0.2) is 36.4 Å². The Kier molecular flexibility index (Phi) is 5.61. The zero-order valence-electron chi connectivity index (χ0n) is 17.4. The molecule has 1 saturated heterocycles. The monoisotopic (exact) mass is 443 g/mol. The van der Waals surface area contributed by atoms with Crippen molar-refractivity contribution in [2.24, 2.45) is 5.84 Å². The van der Waals surface area contributed by atoms with Gasteiger partial charge in [0.05, 0.1) is 15.4 Å². The number of nitrogens with zero attached hydrogens (tertiary/aromatic N) is 3. The molecule has 0 aliphatic carbocycles. The highest BCUT2D eigenvalue weighted by atomic mass is 35.5. The molecule has 30 heavy (non-hydrogen) atoms. The lowest BCUT2D eigenvalue weighted by Gasteiger charge is -2.36. The Morgan fingerprint density at radius 1 is 1.10 bits per heavy atom. The van der Waals surface area contributed by atoms with E-state index in [1.807, 2.05) is 29.2 Å². The van der Waals surface area contributed by atoms with Crippen molar-refractivity contribution >= 4 is 49.9 Å². The first-order valence-corrected chi connectivity index (χ1v) is 11.2. The van der Waals surface area contributed by atoms with E-state index in [0.717, 1.165) is 21.5 Å². The van der Waals surface area contributed by atoms with Crippen molar-refractivity contribution in [2.75, 3.05) is 36.5 Å². The van der Waals surface area contributed by atoms with Gasteiger partial charge in [-0.15, -0.1) is 0 Å². The topological polar surface area (TPSA) is 74.5 Å². The largest absolute Gasteiger partial charge is 0.365 e. The van der Waals surface area contributed by atoms with Crippen LogP contribution in [0.2, 0.25) is 5.02 Å². The van der Waals surface area contributed by atoms with Crippen molar-refractivity contribution in [3.8, 4) is 0 Å². The molecule has 1 aromatic heterocycles. The molecule has 8 heteroatoms. The molecule has 0 saturated carbocycles. The highest BCUT2D eigenvalue weighted by molar-refractivity contribution is 7.22. The first-order chi connectivity index (χ1) is 14.3. The molecule has 0 spiro atoms. The second kappa shape index (κ2) is 8.06. The summed E-state index contributed by atoms with van der Waals surface area (Å²) in [4.78, 5) is 21.7. The summed E-state index contributed by atoms with van der Waals surface area (Å²) < 4.78 is 1.03. The second-order valence-corrected chi connectivity index (χ2v) is 9.95. The standard InChI is InChI=1S/C22H26ClN5OS/c1-22(2,3)15-6-4-14(5-7-15)20(29)28-12-10-27(11-13-28)19-16(23)8-9-17-18(19)25-21(26-24)30-17/h4-9H,10-13,24H2,1-3H3,(H,25,26). The number of aromatic nitrogens is 1. The fraction of sp³-hybridized carbons (Fsp3) is 0.364. The summed E-state index contributed by atoms with van der Waals surface area (Å²) >= 11 is 8.02. The summed E-state index contributed by atoms with van der Waals surface area (Å²) in [5.74, 6) is 5.60. The van der Waals surface area contributed by atoms with E-state index in [1.165, 1.54) is 16.9 Å². The number of nitrogens with two attached hydrogens (primary N) is 1. The van der Waals surface area contributed by atoms with Crippen LogP contribution < -0.4 is 16.2 Å². The molecule has 0 atom stereocenters. The summed E-state index contributed by atoms with van der Waals surface area (Å²) in [6.07, 6.45) is 0. The average molecular weight is 444 g/mol. The van der Waals surface area contributed by atoms with Crippen LogP contribution in [0.3, 0.4) is 0 Å². The van der Waals surface area contributed by atoms with Gasteiger partial charge in [0.15, 0.2) is 5.13 Å². The van der Waals surface area contributed by atoms with Gasteiger partial charge in [0.25, 0.3) is 5.91 Å². The Hall–Kier alpha value is -2.35. The van der Waals surface area contributed by atoms with E-state index >= 15 is 0 Å². The van der Waals surface area contributed by atoms with Crippen LogP contribution in [0.1, 0.15) is 36.7 Å². The number of hydrogen-bond acceptors (Lipinski definition) is 6. The summed E-state index contributed by atoms with van der Waals surface area (Å²) in [6.45, 7) is 9.19. The zero-order chi connectivity index (χ0) is 21.5. The summed E-state index contributed by atoms with van der Waals surface area (Å²) in [6, 6.07) is 11.8. The number of halogens is 1. The number of rotatable bonds is 3. The van der Waals surface area contributed by atoms with Crippen LogP contribution in [0.25, 0.3) is 10.2 Å². The van der Waals surface area contributed by atoms with Crippen molar-refractivity contribution in [1.82, 2.24) is 9.88 Å². The molecule has 1 aliphatic rings. The van der Waals surface area contributed by atoms with Crippen molar-refractivity contribution in [1.29, 1.82) is 0 Å². The van der Waals surface area contributed by atoms with Gasteiger partial charge < -0.3 is 9.80 Å². The lowest BCUT2D eigenvalue weighted by atomic mass is 9.86. The number of carbonyl (C=O) groups excluding carboxylic acids is 1. The smallest absolute Gasteiger partial charge is 0.253 e. The Bertz CT molecular complexity index is 1070. The number of hydrogen-bond donors (Lipinski definition) is 2. The number of nitrogens with one attached hydrogen (secondary N) is 1. The number of fused-ring (bicyclic) bond motifs is 1. The molecule has 158 valence electrons. The summed E-state index contributed by atoms with van der Waals surface area (Å²) in [7, 11) is 0. The van der Waals surface area contributed by atoms with Crippen molar-refractivity contribution < 1.29 is 4.79 Å². The predicted octanol–water partition coefficient (Wildman–Crippen LogP) is 4.50. The number of piperazine rings is 1. The van der Waals surface area contributed by atoms with Crippen molar-refractivity contribution in [2.45, 2.75) is 26.2 Å². The van der Waals surface area contributed by atoms with Crippen molar-refractivity contribution in [3.05, 3.63) is 52.5 Å². The number of anilines is 2. The van der Waals surface area contributed by atoms with Gasteiger partial charge in [-0.3, -0.25) is 10.2 Å². The lowest BCUT2D eigenvalue weighted by molar-refractivity contribution is 0.0747. The zero-order valence-corrected chi connectivity index (χ0v) is 19.0. The van der Waals surface area contributed by atoms with Crippen LogP contribution in [-0.4, -0.2) is 42.0 Å². The number of amides is 1. The lowest BCUT2D eigenvalue weighted by Crippen LogP contribution is -2.49. The van der Waals surface area contributed by atoms with Gasteiger partial charge in [-0.25, -0.2) is 10.8 Å². The maximum absolute atomic E-state index is 13.0. The van der Waals surface area contributed by atoms with E-state index in [9.17, 15) is 4.79 Å². The third-order valence-corrected chi connectivity index (χ3v) is 6.75. The molecule has 1 fully saturated rings. The van der Waals surface area contributed by atoms with Crippen LogP contribution in [0.5, 0.6) is 0 Å². The number of thiazole rings is 1. The first-order valence-electron chi connectivity index (χ1n) is 9.98. The van der Waals surface area contributed by atoms with Crippen LogP contribution >= 0.6 is 22.9 Å². The van der Waals surface area contributed by atoms with Gasteiger partial charge in [-0.05, 0) is 35.2 Å². The van der Waals surface area contributed by atoms with E-state index in [4.69, 9.17) is 17.4 Å². The number of benzene rings is 2. The molecular weight excluding hydrogens is 418 g/mol. The third kappa shape index (κ3) is 3.97. The van der Waals surface area contributed by atoms with Gasteiger partial charge in [0, 0.05) is 31.7 Å². The molecule has 0 radical (unpaired) electrons. The normalized spacial score (nSPS) is 15.0. The fourth-order valence-electron chi connectivity index (χ4n) is 3.75. The summed E-state index contributed by atoms with van der Waals surface area (Å²) in [5.41, 5.74) is 6.39. The Morgan fingerprint density at radius 2 is 1.77 bits per heavy atom. The Labute approximate surface area is 185 Å². The maximum atomic E-state index is 13.0. The van der Waals surface area contributed by atoms with E-state index in [1.54, 1.807) is 0 Å². The number of nitrogen functional groups attached to an aromatic ring is 1. The van der Waals surface area contributed by atoms with Gasteiger partial charge in [-0.2, -0.15) is 0 Å². The highest BCUT2D eigenvalue weighted by Crippen LogP contribution is 2.38. The van der Waals surface area contributed by atoms with E-state index in [0.29, 0.717) is 36.3 Å². The SMILES string of the molecule is CC(C)(C)c1ccc(C(=O)N2CCN(c3c(Cl)ccc4sc(NN)nc34)CC2)cc1. The quantitative estimate of drug-likeness (QED) is 0.460. The molecule has 0 unspecified atom stereocenters. The minimum absolute atomic E-state index is 0.0719. The highest BCUT2D eigenvalue weighted by Gasteiger charge is 2.26. The Balaban J connectivity index is 1.49. The predicted molar refractivity (Wildman–Crippen MR) is 126 cm³/mol. The molecule has 2 heterocycles. The van der Waals surface area contributed by atoms with Crippen LogP contribution in [0, 0.1) is 0 Å². The number of hydrazine groups is 1. The minimum atomic E-state index is 0.0719. The molecule has 0 bridgehead atoms. The molecule has 3 aromatic rings. The van der Waals surface area contributed by atoms with E-state index < -0.39 is 0 Å². The Morgan fingerprint density at radius 3 is 2.37 bits per heavy atom. The molecule has 1 aliphatic heterocycles. The third-order valence-electron chi connectivity index (χ3n) is 5.49. The molecule has 1 amide bonds. The summed E-state index contributed by atoms with van der Waals surface area (Å²) in [5, 5.41) is 1.31. The van der Waals surface area contributed by atoms with Gasteiger partial charge in [-0.1, -0.05) is 55.8 Å². The molecule has 6 nitrogen and oxygen atoms in total. The molecule has 3 N–H and O–H groups in total. The molecule has 2 aromatic carbocycles. The van der Waals surface area contributed by atoms with Crippen molar-refractivity contribution in [3.63, 3.8) is 0 Å². The minimum Gasteiger partial charge on any atom is -0.365 e. The first kappa shape index (κ1) is 20.9. The molecular formula is C22H26ClN5OS. The fourth-order valence-corrected chi connectivity index (χ4v) is 4.80. The van der Waals surface area contributed by atoms with Crippen LogP contribution in [0.4, 0.5) is 10.8 Å². The van der Waals surface area contributed by atoms with Gasteiger partial charge >= 0.3 is 0 Å². The van der Waals surface area contributed by atoms with Crippen LogP contribution in [-0.2, 0) is 5.41 Å². The van der Waals surface area contributed by atoms with Gasteiger partial charge in [0.1, 0.15) is 5.52 Å². The van der Waals surface area contributed by atoms with Gasteiger partial charge in [0.2, 0.25) is 0 Å². The average Bonchev–Trinajstić information content (AvgIpc) is 3.16.